The number of ether oxygens (including phenoxy) is 2. The fourth-order valence-corrected chi connectivity index (χ4v) is 2.82. The van der Waals surface area contributed by atoms with Crippen LogP contribution in [0.1, 0.15) is 11.3 Å². The Morgan fingerprint density at radius 2 is 2.08 bits per heavy atom. The summed E-state index contributed by atoms with van der Waals surface area (Å²) in [5.41, 5.74) is 2.75. The van der Waals surface area contributed by atoms with E-state index in [1.54, 1.807) is 6.08 Å². The van der Waals surface area contributed by atoms with Crippen LogP contribution < -0.4 is 14.8 Å². The lowest BCUT2D eigenvalue weighted by atomic mass is 10.2. The second-order valence-electron chi connectivity index (χ2n) is 5.98. The zero-order chi connectivity index (χ0) is 17.8. The standard InChI is InChI=1S/C20H19N3O3/c24-20(7-5-15-4-6-17-18(13-15)26-12-11-25-17)21-9-8-16-14-23-10-2-1-3-19(23)22-16/h1-7,10,13-14H,8-9,11-12H2,(H,21,24)/b7-5+. The van der Waals surface area contributed by atoms with Gasteiger partial charge in [-0.05, 0) is 35.9 Å². The van der Waals surface area contributed by atoms with Gasteiger partial charge in [0, 0.05) is 31.4 Å². The molecule has 26 heavy (non-hydrogen) atoms. The maximum absolute atomic E-state index is 12.0. The Hall–Kier alpha value is -3.28. The molecule has 1 amide bonds. The predicted octanol–water partition coefficient (Wildman–Crippen LogP) is 2.48. The van der Waals surface area contributed by atoms with Crippen LogP contribution in [0.3, 0.4) is 0 Å². The van der Waals surface area contributed by atoms with Gasteiger partial charge in [-0.25, -0.2) is 4.98 Å². The van der Waals surface area contributed by atoms with E-state index >= 15 is 0 Å². The van der Waals surface area contributed by atoms with Crippen molar-refractivity contribution in [3.8, 4) is 11.5 Å². The summed E-state index contributed by atoms with van der Waals surface area (Å²) in [6.07, 6.45) is 7.91. The molecule has 6 nitrogen and oxygen atoms in total. The zero-order valence-corrected chi connectivity index (χ0v) is 14.2. The first-order valence-electron chi connectivity index (χ1n) is 8.56. The van der Waals surface area contributed by atoms with Gasteiger partial charge in [0.2, 0.25) is 5.91 Å². The molecule has 1 N–H and O–H groups in total. The van der Waals surface area contributed by atoms with Crippen molar-refractivity contribution in [2.75, 3.05) is 19.8 Å². The predicted molar refractivity (Wildman–Crippen MR) is 98.4 cm³/mol. The molecule has 0 radical (unpaired) electrons. The maximum Gasteiger partial charge on any atom is 0.244 e. The molecule has 0 bridgehead atoms. The van der Waals surface area contributed by atoms with Crippen LogP contribution in [-0.4, -0.2) is 35.1 Å². The molecule has 1 aliphatic rings. The number of nitrogens with one attached hydrogen (secondary N) is 1. The molecule has 0 spiro atoms. The molecule has 6 heteroatoms. The second kappa shape index (κ2) is 7.31. The number of carbonyl (C=O) groups is 1. The monoisotopic (exact) mass is 349 g/mol. The van der Waals surface area contributed by atoms with Gasteiger partial charge >= 0.3 is 0 Å². The summed E-state index contributed by atoms with van der Waals surface area (Å²) in [4.78, 5) is 16.5. The Kier molecular flexibility index (Phi) is 4.55. The molecule has 0 fully saturated rings. The first kappa shape index (κ1) is 16.2. The van der Waals surface area contributed by atoms with Gasteiger partial charge in [-0.3, -0.25) is 4.79 Å². The number of hydrogen-bond donors (Lipinski definition) is 1. The topological polar surface area (TPSA) is 64.9 Å². The molecule has 0 saturated heterocycles. The summed E-state index contributed by atoms with van der Waals surface area (Å²) in [5.74, 6) is 1.32. The van der Waals surface area contributed by atoms with Crippen LogP contribution >= 0.6 is 0 Å². The molecule has 2 aromatic heterocycles. The molecule has 0 unspecified atom stereocenters. The summed E-state index contributed by atoms with van der Waals surface area (Å²) in [6, 6.07) is 11.5. The average Bonchev–Trinajstić information content (AvgIpc) is 3.09. The van der Waals surface area contributed by atoms with Crippen molar-refractivity contribution < 1.29 is 14.3 Å². The Morgan fingerprint density at radius 3 is 2.96 bits per heavy atom. The van der Waals surface area contributed by atoms with Gasteiger partial charge in [0.1, 0.15) is 18.9 Å². The van der Waals surface area contributed by atoms with Crippen molar-refractivity contribution >= 4 is 17.6 Å². The minimum Gasteiger partial charge on any atom is -0.486 e. The third-order valence-electron chi connectivity index (χ3n) is 4.09. The van der Waals surface area contributed by atoms with Crippen LogP contribution in [-0.2, 0) is 11.2 Å². The lowest BCUT2D eigenvalue weighted by molar-refractivity contribution is -0.116. The Balaban J connectivity index is 1.30. The molecule has 4 rings (SSSR count). The van der Waals surface area contributed by atoms with Gasteiger partial charge in [-0.2, -0.15) is 0 Å². The number of pyridine rings is 1. The minimum absolute atomic E-state index is 0.136. The number of imidazole rings is 1. The molecule has 3 heterocycles. The van der Waals surface area contributed by atoms with Gasteiger partial charge in [-0.15, -0.1) is 0 Å². The number of amides is 1. The van der Waals surface area contributed by atoms with Gasteiger partial charge in [0.25, 0.3) is 0 Å². The maximum atomic E-state index is 12.0. The molecule has 1 aliphatic heterocycles. The van der Waals surface area contributed by atoms with Crippen molar-refractivity contribution in [1.29, 1.82) is 0 Å². The van der Waals surface area contributed by atoms with Crippen LogP contribution in [0, 0.1) is 0 Å². The lowest BCUT2D eigenvalue weighted by Gasteiger charge is -2.18. The molecule has 0 aliphatic carbocycles. The Bertz CT molecular complexity index is 929. The quantitative estimate of drug-likeness (QED) is 0.719. The van der Waals surface area contributed by atoms with E-state index < -0.39 is 0 Å². The third kappa shape index (κ3) is 3.69. The van der Waals surface area contributed by atoms with Crippen LogP contribution in [0.15, 0.2) is 54.9 Å². The van der Waals surface area contributed by atoms with Crippen LogP contribution in [0.5, 0.6) is 11.5 Å². The summed E-state index contributed by atoms with van der Waals surface area (Å²) in [5, 5.41) is 2.88. The van der Waals surface area contributed by atoms with E-state index in [-0.39, 0.29) is 5.91 Å². The van der Waals surface area contributed by atoms with Crippen molar-refractivity contribution in [3.05, 3.63) is 66.1 Å². The highest BCUT2D eigenvalue weighted by Gasteiger charge is 2.10. The second-order valence-corrected chi connectivity index (χ2v) is 5.98. The van der Waals surface area contributed by atoms with E-state index in [0.29, 0.717) is 31.9 Å². The van der Waals surface area contributed by atoms with E-state index in [4.69, 9.17) is 9.47 Å². The number of aromatic nitrogens is 2. The summed E-state index contributed by atoms with van der Waals surface area (Å²) in [6.45, 7) is 1.65. The smallest absolute Gasteiger partial charge is 0.244 e. The number of hydrogen-bond acceptors (Lipinski definition) is 4. The zero-order valence-electron chi connectivity index (χ0n) is 14.2. The van der Waals surface area contributed by atoms with Gasteiger partial charge < -0.3 is 19.2 Å². The molecule has 1 aromatic carbocycles. The van der Waals surface area contributed by atoms with E-state index in [1.165, 1.54) is 6.08 Å². The first-order chi connectivity index (χ1) is 12.8. The van der Waals surface area contributed by atoms with E-state index in [1.807, 2.05) is 53.2 Å². The van der Waals surface area contributed by atoms with Gasteiger partial charge in [0.15, 0.2) is 11.5 Å². The number of fused-ring (bicyclic) bond motifs is 2. The fraction of sp³-hybridized carbons (Fsp3) is 0.200. The number of benzene rings is 1. The first-order valence-corrected chi connectivity index (χ1v) is 8.56. The number of rotatable bonds is 5. The molecule has 0 atom stereocenters. The van der Waals surface area contributed by atoms with E-state index in [9.17, 15) is 4.79 Å². The summed E-state index contributed by atoms with van der Waals surface area (Å²) >= 11 is 0. The lowest BCUT2D eigenvalue weighted by Crippen LogP contribution is -2.23. The fourth-order valence-electron chi connectivity index (χ4n) is 2.82. The molecule has 0 saturated carbocycles. The highest BCUT2D eigenvalue weighted by molar-refractivity contribution is 5.91. The van der Waals surface area contributed by atoms with Crippen LogP contribution in [0.25, 0.3) is 11.7 Å². The highest BCUT2D eigenvalue weighted by atomic mass is 16.6. The van der Waals surface area contributed by atoms with Crippen molar-refractivity contribution in [1.82, 2.24) is 14.7 Å². The summed E-state index contributed by atoms with van der Waals surface area (Å²) < 4.78 is 13.0. The van der Waals surface area contributed by atoms with Crippen LogP contribution in [0.4, 0.5) is 0 Å². The van der Waals surface area contributed by atoms with Crippen LogP contribution in [0.2, 0.25) is 0 Å². The van der Waals surface area contributed by atoms with Crippen molar-refractivity contribution in [3.63, 3.8) is 0 Å². The van der Waals surface area contributed by atoms with E-state index in [2.05, 4.69) is 10.3 Å². The summed E-state index contributed by atoms with van der Waals surface area (Å²) in [7, 11) is 0. The SMILES string of the molecule is O=C(/C=C/c1ccc2c(c1)OCCO2)NCCc1cn2ccccc2n1. The molecule has 132 valence electrons. The van der Waals surface area contributed by atoms with Gasteiger partial charge in [0.05, 0.1) is 5.69 Å². The van der Waals surface area contributed by atoms with Crippen molar-refractivity contribution in [2.45, 2.75) is 6.42 Å². The Labute approximate surface area is 151 Å². The molecular weight excluding hydrogens is 330 g/mol. The Morgan fingerprint density at radius 1 is 1.19 bits per heavy atom. The third-order valence-corrected chi connectivity index (χ3v) is 4.09. The number of carbonyl (C=O) groups excluding carboxylic acids is 1. The van der Waals surface area contributed by atoms with Crippen molar-refractivity contribution in [2.24, 2.45) is 0 Å². The average molecular weight is 349 g/mol. The largest absolute Gasteiger partial charge is 0.486 e. The minimum atomic E-state index is -0.136. The normalized spacial score (nSPS) is 13.2. The molecule has 3 aromatic rings. The van der Waals surface area contributed by atoms with Gasteiger partial charge in [-0.1, -0.05) is 12.1 Å². The molecular formula is C20H19N3O3. The van der Waals surface area contributed by atoms with E-state index in [0.717, 1.165) is 22.7 Å². The number of nitrogens with zero attached hydrogens (tertiary/aromatic N) is 2. The highest BCUT2D eigenvalue weighted by Crippen LogP contribution is 2.31.